The van der Waals surface area contributed by atoms with E-state index in [4.69, 9.17) is 16.3 Å². The van der Waals surface area contributed by atoms with Gasteiger partial charge in [-0.3, -0.25) is 0 Å². The highest BCUT2D eigenvalue weighted by Crippen LogP contribution is 2.26. The molecule has 17 heavy (non-hydrogen) atoms. The normalized spacial score (nSPS) is 17.8. The number of halogens is 2. The van der Waals surface area contributed by atoms with E-state index in [9.17, 15) is 4.39 Å². The predicted octanol–water partition coefficient (Wildman–Crippen LogP) is 2.58. The second-order valence-electron chi connectivity index (χ2n) is 4.13. The third kappa shape index (κ3) is 1.89. The van der Waals surface area contributed by atoms with Crippen molar-refractivity contribution in [3.05, 3.63) is 23.0 Å². The molecule has 4 nitrogen and oxygen atoms in total. The fraction of sp³-hybridized carbons (Fsp3) is 0.455. The first-order valence-corrected chi connectivity index (χ1v) is 5.91. The summed E-state index contributed by atoms with van der Waals surface area (Å²) in [5, 5.41) is 8.18. The molecule has 1 aliphatic heterocycles. The Morgan fingerprint density at radius 1 is 1.35 bits per heavy atom. The molecule has 0 N–H and O–H groups in total. The highest BCUT2D eigenvalue weighted by atomic mass is 35.5. The third-order valence-electron chi connectivity index (χ3n) is 3.05. The molecule has 0 amide bonds. The topological polar surface area (TPSA) is 39.9 Å². The van der Waals surface area contributed by atoms with Crippen LogP contribution in [-0.2, 0) is 4.74 Å². The molecule has 6 heteroatoms. The van der Waals surface area contributed by atoms with Crippen molar-refractivity contribution in [2.75, 3.05) is 13.2 Å². The van der Waals surface area contributed by atoms with E-state index < -0.39 is 5.82 Å². The molecule has 2 heterocycles. The van der Waals surface area contributed by atoms with Crippen molar-refractivity contribution >= 4 is 22.6 Å². The number of fused-ring (bicyclic) bond motifs is 1. The highest BCUT2D eigenvalue weighted by Gasteiger charge is 2.19. The Hall–Kier alpha value is -1.20. The number of rotatable bonds is 1. The summed E-state index contributed by atoms with van der Waals surface area (Å²) in [6.45, 7) is 1.42. The van der Waals surface area contributed by atoms with Crippen LogP contribution in [0.25, 0.3) is 11.0 Å². The van der Waals surface area contributed by atoms with Crippen LogP contribution in [0.15, 0.2) is 12.1 Å². The second-order valence-corrected chi connectivity index (χ2v) is 4.54. The molecule has 0 atom stereocenters. The van der Waals surface area contributed by atoms with Crippen LogP contribution >= 0.6 is 11.6 Å². The van der Waals surface area contributed by atoms with Gasteiger partial charge in [0.25, 0.3) is 0 Å². The van der Waals surface area contributed by atoms with Gasteiger partial charge < -0.3 is 4.74 Å². The Labute approximate surface area is 102 Å². The van der Waals surface area contributed by atoms with E-state index in [1.165, 1.54) is 12.1 Å². The van der Waals surface area contributed by atoms with Crippen molar-refractivity contribution < 1.29 is 9.13 Å². The van der Waals surface area contributed by atoms with Crippen LogP contribution in [0.1, 0.15) is 18.9 Å². The molecule has 2 aromatic rings. The van der Waals surface area contributed by atoms with Crippen molar-refractivity contribution in [2.45, 2.75) is 18.9 Å². The Morgan fingerprint density at radius 2 is 2.12 bits per heavy atom. The third-order valence-corrected chi connectivity index (χ3v) is 3.34. The van der Waals surface area contributed by atoms with Crippen LogP contribution < -0.4 is 0 Å². The maximum absolute atomic E-state index is 13.4. The minimum Gasteiger partial charge on any atom is -0.381 e. The maximum Gasteiger partial charge on any atom is 0.144 e. The second kappa shape index (κ2) is 4.23. The minimum atomic E-state index is -0.435. The van der Waals surface area contributed by atoms with Crippen molar-refractivity contribution in [1.82, 2.24) is 15.0 Å². The summed E-state index contributed by atoms with van der Waals surface area (Å²) in [4.78, 5) is 0. The van der Waals surface area contributed by atoms with Crippen molar-refractivity contribution in [2.24, 2.45) is 0 Å². The van der Waals surface area contributed by atoms with Gasteiger partial charge in [0.05, 0.1) is 16.6 Å². The van der Waals surface area contributed by atoms with Crippen LogP contribution in [0.5, 0.6) is 0 Å². The van der Waals surface area contributed by atoms with Crippen LogP contribution in [0.3, 0.4) is 0 Å². The van der Waals surface area contributed by atoms with Gasteiger partial charge in [0.1, 0.15) is 11.3 Å². The van der Waals surface area contributed by atoms with Crippen molar-refractivity contribution in [1.29, 1.82) is 0 Å². The lowest BCUT2D eigenvalue weighted by atomic mass is 10.1. The molecule has 90 valence electrons. The number of aromatic nitrogens is 3. The summed E-state index contributed by atoms with van der Waals surface area (Å²) in [5.41, 5.74) is 1.32. The molecular weight excluding hydrogens is 245 g/mol. The molecule has 0 radical (unpaired) electrons. The molecule has 1 aromatic carbocycles. The van der Waals surface area contributed by atoms with E-state index in [1.54, 1.807) is 4.68 Å². The van der Waals surface area contributed by atoms with Gasteiger partial charge in [0, 0.05) is 19.3 Å². The zero-order valence-corrected chi connectivity index (χ0v) is 9.82. The van der Waals surface area contributed by atoms with Gasteiger partial charge in [0.2, 0.25) is 0 Å². The van der Waals surface area contributed by atoms with Gasteiger partial charge in [-0.2, -0.15) is 0 Å². The number of hydrogen-bond acceptors (Lipinski definition) is 3. The van der Waals surface area contributed by atoms with Gasteiger partial charge in [-0.25, -0.2) is 9.07 Å². The number of ether oxygens (including phenoxy) is 1. The molecule has 0 spiro atoms. The van der Waals surface area contributed by atoms with E-state index in [1.807, 2.05) is 0 Å². The molecule has 1 saturated heterocycles. The van der Waals surface area contributed by atoms with Gasteiger partial charge in [-0.05, 0) is 18.9 Å². The lowest BCUT2D eigenvalue weighted by Crippen LogP contribution is -2.20. The maximum atomic E-state index is 13.4. The molecule has 0 bridgehead atoms. The standard InChI is InChI=1S/C11H11ClFN3O/c12-8-5-10-11(6-9(8)13)16(15-14-10)7-1-3-17-4-2-7/h5-7H,1-4H2. The van der Waals surface area contributed by atoms with Gasteiger partial charge >= 0.3 is 0 Å². The van der Waals surface area contributed by atoms with E-state index >= 15 is 0 Å². The van der Waals surface area contributed by atoms with Gasteiger partial charge in [-0.1, -0.05) is 16.8 Å². The molecule has 0 saturated carbocycles. The summed E-state index contributed by atoms with van der Waals surface area (Å²) < 4.78 is 20.5. The van der Waals surface area contributed by atoms with Crippen LogP contribution in [0.2, 0.25) is 5.02 Å². The Balaban J connectivity index is 2.07. The summed E-state index contributed by atoms with van der Waals surface area (Å²) in [6, 6.07) is 3.14. The quantitative estimate of drug-likeness (QED) is 0.786. The first-order valence-electron chi connectivity index (χ1n) is 5.53. The minimum absolute atomic E-state index is 0.0801. The number of hydrogen-bond donors (Lipinski definition) is 0. The lowest BCUT2D eigenvalue weighted by molar-refractivity contribution is 0.0669. The van der Waals surface area contributed by atoms with Crippen molar-refractivity contribution in [3.8, 4) is 0 Å². The molecule has 0 unspecified atom stereocenters. The highest BCUT2D eigenvalue weighted by molar-refractivity contribution is 6.31. The largest absolute Gasteiger partial charge is 0.381 e. The van der Waals surface area contributed by atoms with E-state index in [0.29, 0.717) is 24.2 Å². The first kappa shape index (κ1) is 10.9. The Morgan fingerprint density at radius 3 is 2.88 bits per heavy atom. The fourth-order valence-electron chi connectivity index (χ4n) is 2.13. The smallest absolute Gasteiger partial charge is 0.144 e. The van der Waals surface area contributed by atoms with E-state index in [0.717, 1.165) is 12.8 Å². The monoisotopic (exact) mass is 255 g/mol. The van der Waals surface area contributed by atoms with Crippen LogP contribution in [0.4, 0.5) is 4.39 Å². The van der Waals surface area contributed by atoms with Crippen molar-refractivity contribution in [3.63, 3.8) is 0 Å². The molecule has 1 aliphatic rings. The van der Waals surface area contributed by atoms with Gasteiger partial charge in [-0.15, -0.1) is 5.10 Å². The molecule has 0 aliphatic carbocycles. The fourth-order valence-corrected chi connectivity index (χ4v) is 2.29. The average molecular weight is 256 g/mol. The predicted molar refractivity (Wildman–Crippen MR) is 61.6 cm³/mol. The SMILES string of the molecule is Fc1cc2c(cc1Cl)nnn2C1CCOCC1. The molecule has 1 aromatic heterocycles. The Kier molecular flexibility index (Phi) is 2.72. The zero-order valence-electron chi connectivity index (χ0n) is 9.07. The summed E-state index contributed by atoms with van der Waals surface area (Å²) >= 11 is 5.71. The number of nitrogens with zero attached hydrogens (tertiary/aromatic N) is 3. The lowest BCUT2D eigenvalue weighted by Gasteiger charge is -2.22. The molecular formula is C11H11ClFN3O. The zero-order chi connectivity index (χ0) is 11.8. The van der Waals surface area contributed by atoms with Gasteiger partial charge in [0.15, 0.2) is 0 Å². The average Bonchev–Trinajstić information content (AvgIpc) is 2.74. The molecule has 3 rings (SSSR count). The summed E-state index contributed by atoms with van der Waals surface area (Å²) in [5.74, 6) is -0.435. The first-order chi connectivity index (χ1) is 8.25. The van der Waals surface area contributed by atoms with Crippen LogP contribution in [0, 0.1) is 5.82 Å². The number of benzene rings is 1. The Bertz CT molecular complexity index is 551. The van der Waals surface area contributed by atoms with E-state index in [2.05, 4.69) is 10.3 Å². The molecule has 1 fully saturated rings. The van der Waals surface area contributed by atoms with E-state index in [-0.39, 0.29) is 11.1 Å². The van der Waals surface area contributed by atoms with Crippen LogP contribution in [-0.4, -0.2) is 28.2 Å². The summed E-state index contributed by atoms with van der Waals surface area (Å²) in [7, 11) is 0. The summed E-state index contributed by atoms with van der Waals surface area (Å²) in [6.07, 6.45) is 1.76.